The molecule has 1 N–H and O–H groups in total. The Morgan fingerprint density at radius 2 is 2.21 bits per heavy atom. The van der Waals surface area contributed by atoms with Crippen molar-refractivity contribution < 1.29 is 0 Å². The fourth-order valence-electron chi connectivity index (χ4n) is 2.77. The molecule has 0 aromatic rings. The highest BCUT2D eigenvalue weighted by atomic mass is 15.2. The van der Waals surface area contributed by atoms with Crippen LogP contribution in [0.1, 0.15) is 39.5 Å². The van der Waals surface area contributed by atoms with Crippen molar-refractivity contribution in [3.8, 4) is 6.07 Å². The number of likely N-dealkylation sites (tertiary alicyclic amines) is 1. The van der Waals surface area contributed by atoms with Gasteiger partial charge >= 0.3 is 0 Å². The third-order valence-corrected chi connectivity index (χ3v) is 3.99. The van der Waals surface area contributed by atoms with Crippen LogP contribution in [0, 0.1) is 11.3 Å². The summed E-state index contributed by atoms with van der Waals surface area (Å²) in [5.41, 5.74) is -0.374. The number of nitriles is 1. The van der Waals surface area contributed by atoms with Gasteiger partial charge in [0.2, 0.25) is 0 Å². The van der Waals surface area contributed by atoms with Gasteiger partial charge in [0.1, 0.15) is 5.54 Å². The lowest BCUT2D eigenvalue weighted by Crippen LogP contribution is -2.46. The van der Waals surface area contributed by atoms with Gasteiger partial charge in [-0.25, -0.2) is 0 Å². The van der Waals surface area contributed by atoms with Gasteiger partial charge in [0, 0.05) is 19.1 Å². The van der Waals surface area contributed by atoms with Crippen LogP contribution in [0.2, 0.25) is 0 Å². The van der Waals surface area contributed by atoms with Gasteiger partial charge in [-0.15, -0.1) is 0 Å². The quantitative estimate of drug-likeness (QED) is 0.726. The molecule has 0 saturated carbocycles. The molecule has 0 aromatic carbocycles. The predicted octanol–water partition coefficient (Wildman–Crippen LogP) is 1.68. The van der Waals surface area contributed by atoms with Crippen molar-refractivity contribution in [2.24, 2.45) is 0 Å². The first kappa shape index (κ1) is 16.4. The molecular weight excluding hydrogens is 236 g/mol. The molecule has 1 aliphatic heterocycles. The Bertz CT molecular complexity index is 297. The van der Waals surface area contributed by atoms with Gasteiger partial charge in [-0.05, 0) is 59.8 Å². The predicted molar refractivity (Wildman–Crippen MR) is 80.1 cm³/mol. The lowest BCUT2D eigenvalue weighted by atomic mass is 9.99. The Hall–Kier alpha value is -0.630. The maximum atomic E-state index is 9.36. The van der Waals surface area contributed by atoms with E-state index in [1.54, 1.807) is 0 Å². The van der Waals surface area contributed by atoms with Gasteiger partial charge in [-0.2, -0.15) is 5.26 Å². The van der Waals surface area contributed by atoms with Gasteiger partial charge < -0.3 is 4.90 Å². The molecule has 0 bridgehead atoms. The highest BCUT2D eigenvalue weighted by molar-refractivity contribution is 5.04. The summed E-state index contributed by atoms with van der Waals surface area (Å²) in [5.74, 6) is 0. The first-order chi connectivity index (χ1) is 9.00. The molecule has 0 radical (unpaired) electrons. The Morgan fingerprint density at radius 1 is 1.47 bits per heavy atom. The van der Waals surface area contributed by atoms with Crippen molar-refractivity contribution in [3.05, 3.63) is 0 Å². The number of likely N-dealkylation sites (N-methyl/N-ethyl adjacent to an activating group) is 1. The summed E-state index contributed by atoms with van der Waals surface area (Å²) in [4.78, 5) is 4.82. The number of hydrogen-bond acceptors (Lipinski definition) is 4. The second kappa shape index (κ2) is 7.84. The second-order valence-electron chi connectivity index (χ2n) is 6.21. The minimum Gasteiger partial charge on any atom is -0.308 e. The van der Waals surface area contributed by atoms with Crippen LogP contribution in [0.3, 0.4) is 0 Å². The summed E-state index contributed by atoms with van der Waals surface area (Å²) >= 11 is 0. The van der Waals surface area contributed by atoms with E-state index in [2.05, 4.69) is 42.2 Å². The molecule has 0 aliphatic carbocycles. The minimum absolute atomic E-state index is 0.374. The Balaban J connectivity index is 2.43. The zero-order valence-corrected chi connectivity index (χ0v) is 13.1. The number of nitrogens with one attached hydrogen (secondary N) is 1. The van der Waals surface area contributed by atoms with Crippen LogP contribution >= 0.6 is 0 Å². The van der Waals surface area contributed by atoms with Crippen LogP contribution in [0.15, 0.2) is 0 Å². The van der Waals surface area contributed by atoms with E-state index < -0.39 is 0 Å². The van der Waals surface area contributed by atoms with Crippen LogP contribution < -0.4 is 5.32 Å². The SMILES string of the molecule is CCCNC(C)(C#N)CCN1CCCC1CN(C)C. The number of rotatable bonds is 8. The van der Waals surface area contributed by atoms with E-state index in [0.29, 0.717) is 6.04 Å². The van der Waals surface area contributed by atoms with Gasteiger partial charge in [0.15, 0.2) is 0 Å². The minimum atomic E-state index is -0.374. The Labute approximate surface area is 118 Å². The van der Waals surface area contributed by atoms with Crippen LogP contribution in [0.4, 0.5) is 0 Å². The topological polar surface area (TPSA) is 42.3 Å². The Morgan fingerprint density at radius 3 is 2.79 bits per heavy atom. The summed E-state index contributed by atoms with van der Waals surface area (Å²) in [7, 11) is 4.28. The van der Waals surface area contributed by atoms with Crippen molar-refractivity contribution in [1.82, 2.24) is 15.1 Å². The molecule has 1 rings (SSSR count). The third-order valence-electron chi connectivity index (χ3n) is 3.99. The normalized spacial score (nSPS) is 23.5. The molecule has 110 valence electrons. The molecule has 2 unspecified atom stereocenters. The van der Waals surface area contributed by atoms with Crippen LogP contribution in [-0.2, 0) is 0 Å². The van der Waals surface area contributed by atoms with E-state index in [9.17, 15) is 5.26 Å². The second-order valence-corrected chi connectivity index (χ2v) is 6.21. The lowest BCUT2D eigenvalue weighted by molar-refractivity contribution is 0.193. The maximum Gasteiger partial charge on any atom is 0.105 e. The van der Waals surface area contributed by atoms with E-state index in [-0.39, 0.29) is 5.54 Å². The molecular formula is C15H30N4. The van der Waals surface area contributed by atoms with Gasteiger partial charge in [-0.1, -0.05) is 6.92 Å². The van der Waals surface area contributed by atoms with E-state index in [4.69, 9.17) is 0 Å². The molecule has 2 atom stereocenters. The summed E-state index contributed by atoms with van der Waals surface area (Å²) in [6.45, 7) is 8.43. The molecule has 19 heavy (non-hydrogen) atoms. The van der Waals surface area contributed by atoms with Gasteiger partial charge in [0.05, 0.1) is 6.07 Å². The first-order valence-electron chi connectivity index (χ1n) is 7.56. The standard InChI is InChI=1S/C15H30N4/c1-5-9-17-15(2,13-16)8-11-19-10-6-7-14(19)12-18(3)4/h14,17H,5-12H2,1-4H3. The van der Waals surface area contributed by atoms with E-state index in [1.165, 1.54) is 19.4 Å². The largest absolute Gasteiger partial charge is 0.308 e. The van der Waals surface area contributed by atoms with Crippen molar-refractivity contribution >= 4 is 0 Å². The Kier molecular flexibility index (Phi) is 6.78. The fraction of sp³-hybridized carbons (Fsp3) is 0.933. The summed E-state index contributed by atoms with van der Waals surface area (Å²) in [6, 6.07) is 3.12. The lowest BCUT2D eigenvalue weighted by Gasteiger charge is -2.30. The number of hydrogen-bond donors (Lipinski definition) is 1. The zero-order chi connectivity index (χ0) is 14.3. The summed E-state index contributed by atoms with van der Waals surface area (Å²) < 4.78 is 0. The molecule has 0 spiro atoms. The highest BCUT2D eigenvalue weighted by Gasteiger charge is 2.28. The molecule has 4 nitrogen and oxygen atoms in total. The fourth-order valence-corrected chi connectivity index (χ4v) is 2.77. The van der Waals surface area contributed by atoms with Crippen molar-refractivity contribution in [2.45, 2.75) is 51.1 Å². The van der Waals surface area contributed by atoms with E-state index in [0.717, 1.165) is 32.5 Å². The maximum absolute atomic E-state index is 9.36. The summed E-state index contributed by atoms with van der Waals surface area (Å²) in [6.07, 6.45) is 4.58. The van der Waals surface area contributed by atoms with Crippen molar-refractivity contribution in [1.29, 1.82) is 5.26 Å². The smallest absolute Gasteiger partial charge is 0.105 e. The van der Waals surface area contributed by atoms with Gasteiger partial charge in [0.25, 0.3) is 0 Å². The van der Waals surface area contributed by atoms with E-state index >= 15 is 0 Å². The first-order valence-corrected chi connectivity index (χ1v) is 7.56. The molecule has 4 heteroatoms. The third kappa shape index (κ3) is 5.48. The number of nitrogens with zero attached hydrogens (tertiary/aromatic N) is 3. The molecule has 0 amide bonds. The molecule has 1 saturated heterocycles. The average Bonchev–Trinajstić information content (AvgIpc) is 2.80. The van der Waals surface area contributed by atoms with E-state index in [1.807, 2.05) is 6.92 Å². The summed E-state index contributed by atoms with van der Waals surface area (Å²) in [5, 5.41) is 12.7. The monoisotopic (exact) mass is 266 g/mol. The van der Waals surface area contributed by atoms with Crippen LogP contribution in [0.25, 0.3) is 0 Å². The molecule has 1 heterocycles. The molecule has 0 aromatic heterocycles. The van der Waals surface area contributed by atoms with Crippen molar-refractivity contribution in [2.75, 3.05) is 40.3 Å². The van der Waals surface area contributed by atoms with Crippen LogP contribution in [0.5, 0.6) is 0 Å². The van der Waals surface area contributed by atoms with Crippen LogP contribution in [-0.4, -0.2) is 61.7 Å². The van der Waals surface area contributed by atoms with Gasteiger partial charge in [-0.3, -0.25) is 10.2 Å². The zero-order valence-electron chi connectivity index (χ0n) is 13.1. The average molecular weight is 266 g/mol. The molecule has 1 aliphatic rings. The van der Waals surface area contributed by atoms with Crippen molar-refractivity contribution in [3.63, 3.8) is 0 Å². The highest BCUT2D eigenvalue weighted by Crippen LogP contribution is 2.20. The molecule has 1 fully saturated rings.